The van der Waals surface area contributed by atoms with E-state index < -0.39 is 0 Å². The number of hydrogen-bond donors (Lipinski definition) is 2. The molecule has 0 saturated carbocycles. The van der Waals surface area contributed by atoms with Crippen LogP contribution in [0.5, 0.6) is 5.75 Å². The number of hydrogen-bond acceptors (Lipinski definition) is 5. The van der Waals surface area contributed by atoms with Crippen LogP contribution in [0, 0.1) is 0 Å². The lowest BCUT2D eigenvalue weighted by molar-refractivity contribution is 0.415. The van der Waals surface area contributed by atoms with Crippen molar-refractivity contribution < 1.29 is 4.74 Å². The highest BCUT2D eigenvalue weighted by Crippen LogP contribution is 2.26. The van der Waals surface area contributed by atoms with Crippen LogP contribution in [0.4, 0.5) is 11.5 Å². The van der Waals surface area contributed by atoms with E-state index in [1.54, 1.807) is 25.7 Å². The molecule has 6 nitrogen and oxygen atoms in total. The first kappa shape index (κ1) is 14.2. The molecule has 1 aromatic carbocycles. The van der Waals surface area contributed by atoms with Gasteiger partial charge in [0.05, 0.1) is 12.6 Å². The summed E-state index contributed by atoms with van der Waals surface area (Å²) >= 11 is 0. The van der Waals surface area contributed by atoms with Crippen LogP contribution in [0.1, 0.15) is 0 Å². The average molecular weight is 317 g/mol. The van der Waals surface area contributed by atoms with Crippen molar-refractivity contribution in [2.24, 2.45) is 0 Å². The summed E-state index contributed by atoms with van der Waals surface area (Å²) in [5.41, 5.74) is 3.62. The average Bonchev–Trinajstić information content (AvgIpc) is 3.08. The Morgan fingerprint density at radius 1 is 0.958 bits per heavy atom. The Kier molecular flexibility index (Phi) is 3.55. The van der Waals surface area contributed by atoms with Crippen molar-refractivity contribution in [3.63, 3.8) is 0 Å². The van der Waals surface area contributed by atoms with Gasteiger partial charge in [0.15, 0.2) is 5.82 Å². The molecule has 3 heterocycles. The molecule has 6 heteroatoms. The molecule has 0 fully saturated rings. The lowest BCUT2D eigenvalue weighted by atomic mass is 10.2. The molecule has 24 heavy (non-hydrogen) atoms. The topological polar surface area (TPSA) is 75.7 Å². The maximum Gasteiger partial charge on any atom is 0.158 e. The number of nitrogens with zero attached hydrogens (tertiary/aromatic N) is 3. The molecule has 0 amide bonds. The Hall–Kier alpha value is -3.41. The van der Waals surface area contributed by atoms with E-state index in [0.29, 0.717) is 5.82 Å². The second-order valence-corrected chi connectivity index (χ2v) is 5.23. The molecule has 4 aromatic rings. The summed E-state index contributed by atoms with van der Waals surface area (Å²) in [5, 5.41) is 3.30. The zero-order valence-electron chi connectivity index (χ0n) is 13.0. The molecule has 0 spiro atoms. The summed E-state index contributed by atoms with van der Waals surface area (Å²) in [6, 6.07) is 13.4. The van der Waals surface area contributed by atoms with Crippen LogP contribution in [0.2, 0.25) is 0 Å². The zero-order chi connectivity index (χ0) is 16.4. The van der Waals surface area contributed by atoms with Gasteiger partial charge in [-0.15, -0.1) is 0 Å². The molecule has 0 radical (unpaired) electrons. The Morgan fingerprint density at radius 3 is 2.50 bits per heavy atom. The van der Waals surface area contributed by atoms with Crippen molar-refractivity contribution in [1.82, 2.24) is 19.9 Å². The van der Waals surface area contributed by atoms with Crippen LogP contribution in [0.25, 0.3) is 22.4 Å². The van der Waals surface area contributed by atoms with Crippen LogP contribution >= 0.6 is 0 Å². The summed E-state index contributed by atoms with van der Waals surface area (Å²) < 4.78 is 5.18. The molecule has 3 aromatic heterocycles. The van der Waals surface area contributed by atoms with E-state index in [-0.39, 0.29) is 0 Å². The molecule has 0 bridgehead atoms. The monoisotopic (exact) mass is 317 g/mol. The fourth-order valence-corrected chi connectivity index (χ4v) is 2.48. The largest absolute Gasteiger partial charge is 0.497 e. The van der Waals surface area contributed by atoms with Gasteiger partial charge in [0.2, 0.25) is 0 Å². The van der Waals surface area contributed by atoms with Crippen LogP contribution in [0.15, 0.2) is 61.1 Å². The van der Waals surface area contributed by atoms with Gasteiger partial charge in [0.1, 0.15) is 17.1 Å². The van der Waals surface area contributed by atoms with Gasteiger partial charge in [-0.25, -0.2) is 9.97 Å². The number of benzene rings is 1. The van der Waals surface area contributed by atoms with E-state index in [1.165, 1.54) is 0 Å². The van der Waals surface area contributed by atoms with Crippen molar-refractivity contribution in [3.05, 3.63) is 61.1 Å². The molecule has 0 unspecified atom stereocenters. The Labute approximate surface area is 138 Å². The second kappa shape index (κ2) is 6.00. The molecule has 4 rings (SSSR count). The highest BCUT2D eigenvalue weighted by atomic mass is 16.5. The van der Waals surface area contributed by atoms with E-state index in [9.17, 15) is 0 Å². The number of methoxy groups -OCH3 is 1. The fourth-order valence-electron chi connectivity index (χ4n) is 2.48. The molecule has 0 aliphatic heterocycles. The Bertz CT molecular complexity index is 964. The van der Waals surface area contributed by atoms with Gasteiger partial charge in [0.25, 0.3) is 0 Å². The molecule has 0 aliphatic rings. The highest BCUT2D eigenvalue weighted by molar-refractivity contribution is 5.89. The number of nitrogens with one attached hydrogen (secondary N) is 2. The number of aromatic nitrogens is 4. The van der Waals surface area contributed by atoms with E-state index >= 15 is 0 Å². The van der Waals surface area contributed by atoms with Gasteiger partial charge < -0.3 is 15.0 Å². The molecule has 2 N–H and O–H groups in total. The van der Waals surface area contributed by atoms with E-state index in [4.69, 9.17) is 4.74 Å². The van der Waals surface area contributed by atoms with Gasteiger partial charge in [-0.2, -0.15) is 0 Å². The third-order valence-electron chi connectivity index (χ3n) is 3.71. The lowest BCUT2D eigenvalue weighted by Crippen LogP contribution is -1.94. The van der Waals surface area contributed by atoms with Gasteiger partial charge in [0, 0.05) is 29.8 Å². The number of pyridine rings is 2. The van der Waals surface area contributed by atoms with Crippen LogP contribution < -0.4 is 10.1 Å². The minimum atomic E-state index is 0.703. The summed E-state index contributed by atoms with van der Waals surface area (Å²) in [4.78, 5) is 16.4. The third-order valence-corrected chi connectivity index (χ3v) is 3.71. The van der Waals surface area contributed by atoms with Gasteiger partial charge in [-0.3, -0.25) is 4.98 Å². The minimum Gasteiger partial charge on any atom is -0.497 e. The number of rotatable bonds is 4. The molecule has 0 aliphatic carbocycles. The first-order chi connectivity index (χ1) is 11.8. The van der Waals surface area contributed by atoms with Crippen molar-refractivity contribution in [3.8, 4) is 17.1 Å². The van der Waals surface area contributed by atoms with Crippen LogP contribution in [-0.4, -0.2) is 27.0 Å². The van der Waals surface area contributed by atoms with E-state index in [2.05, 4.69) is 25.3 Å². The van der Waals surface area contributed by atoms with Crippen molar-refractivity contribution in [1.29, 1.82) is 0 Å². The molecular weight excluding hydrogens is 302 g/mol. The van der Waals surface area contributed by atoms with Gasteiger partial charge >= 0.3 is 0 Å². The third kappa shape index (κ3) is 2.65. The number of imidazole rings is 1. The first-order valence-electron chi connectivity index (χ1n) is 7.50. The lowest BCUT2D eigenvalue weighted by Gasteiger charge is -2.06. The minimum absolute atomic E-state index is 0.703. The quantitative estimate of drug-likeness (QED) is 0.599. The predicted molar refractivity (Wildman–Crippen MR) is 93.4 cm³/mol. The smallest absolute Gasteiger partial charge is 0.158 e. The van der Waals surface area contributed by atoms with E-state index in [1.807, 2.05) is 42.5 Å². The fraction of sp³-hybridized carbons (Fsp3) is 0.0556. The maximum absolute atomic E-state index is 5.18. The Balaban J connectivity index is 1.71. The molecule has 118 valence electrons. The summed E-state index contributed by atoms with van der Waals surface area (Å²) in [7, 11) is 1.65. The normalized spacial score (nSPS) is 10.7. The number of aromatic amines is 1. The highest BCUT2D eigenvalue weighted by Gasteiger charge is 2.10. The van der Waals surface area contributed by atoms with Crippen molar-refractivity contribution >= 4 is 22.5 Å². The summed E-state index contributed by atoms with van der Waals surface area (Å²) in [5.74, 6) is 2.30. The zero-order valence-corrected chi connectivity index (χ0v) is 13.0. The molecular formula is C18H15N5O. The molecule has 0 saturated heterocycles. The number of fused-ring (bicyclic) bond motifs is 1. The van der Waals surface area contributed by atoms with Crippen molar-refractivity contribution in [2.45, 2.75) is 0 Å². The standard InChI is InChI=1S/C18H15N5O/c1-24-14-4-2-13(3-5-14)21-18-16-15(8-11-20-18)22-17(23-16)12-6-9-19-10-7-12/h2-11H,1H3,(H,20,21)(H,22,23). The first-order valence-corrected chi connectivity index (χ1v) is 7.50. The number of anilines is 2. The maximum atomic E-state index is 5.18. The molecule has 0 atom stereocenters. The summed E-state index contributed by atoms with van der Waals surface area (Å²) in [6.45, 7) is 0. The van der Waals surface area contributed by atoms with Gasteiger partial charge in [-0.05, 0) is 42.5 Å². The summed E-state index contributed by atoms with van der Waals surface area (Å²) in [6.07, 6.45) is 5.25. The predicted octanol–water partition coefficient (Wildman–Crippen LogP) is 3.77. The SMILES string of the molecule is COc1ccc(Nc2nccc3[nH]c(-c4ccncc4)nc23)cc1. The second-order valence-electron chi connectivity index (χ2n) is 5.23. The van der Waals surface area contributed by atoms with Crippen LogP contribution in [0.3, 0.4) is 0 Å². The number of H-pyrrole nitrogens is 1. The van der Waals surface area contributed by atoms with E-state index in [0.717, 1.165) is 33.9 Å². The number of ether oxygens (including phenoxy) is 1. The van der Waals surface area contributed by atoms with Crippen molar-refractivity contribution in [2.75, 3.05) is 12.4 Å². The van der Waals surface area contributed by atoms with Gasteiger partial charge in [-0.1, -0.05) is 0 Å². The Morgan fingerprint density at radius 2 is 1.75 bits per heavy atom. The van der Waals surface area contributed by atoms with Crippen LogP contribution in [-0.2, 0) is 0 Å².